The zero-order chi connectivity index (χ0) is 45.4. The lowest BCUT2D eigenvalue weighted by Crippen LogP contribution is -2.14. The number of imidazole rings is 1. The Morgan fingerprint density at radius 2 is 1.10 bits per heavy atom. The molecule has 2 nitrogen and oxygen atoms in total. The Kier molecular flexibility index (Phi) is 3.91. The van der Waals surface area contributed by atoms with Crippen LogP contribution in [0.25, 0.3) is 83.0 Å². The van der Waals surface area contributed by atoms with Gasteiger partial charge in [-0.2, -0.15) is 0 Å². The van der Waals surface area contributed by atoms with Gasteiger partial charge in [0, 0.05) is 24.9 Å². The molecule has 0 bridgehead atoms. The van der Waals surface area contributed by atoms with Gasteiger partial charge in [-0.15, -0.1) is 0 Å². The fraction of sp³-hybridized carbons (Fsp3) is 0.0625. The maximum Gasteiger partial charge on any atom is 0.145 e. The largest absolute Gasteiger partial charge is 0.292 e. The summed E-state index contributed by atoms with van der Waals surface area (Å²) in [6.07, 6.45) is 0. The summed E-state index contributed by atoms with van der Waals surface area (Å²) in [6, 6.07) is 31.2. The smallest absolute Gasteiger partial charge is 0.145 e. The molecule has 10 rings (SSSR count). The SMILES string of the molecule is [2H]c1c([2H])c([2H])c2c(-c3ccc4c(c3)C(C([2H])([2H])[2H])(C([2H])([2H])[2H])c3ccccc3-4)c3c([2H])c([2H])c([2H])c([2H])c3c(-c3ccc(-c4nc5ccccc5n4-c4ccccc4)cc3)c2c1[2H]. The third-order valence-corrected chi connectivity index (χ3v) is 9.72. The van der Waals surface area contributed by atoms with Crippen molar-refractivity contribution in [3.05, 3.63) is 181 Å². The second-order valence-corrected chi connectivity index (χ2v) is 12.5. The van der Waals surface area contributed by atoms with Gasteiger partial charge in [0.05, 0.1) is 22.0 Å². The molecule has 1 aliphatic rings. The zero-order valence-electron chi connectivity index (χ0n) is 40.4. The summed E-state index contributed by atoms with van der Waals surface area (Å²) < 4.78 is 128. The molecule has 1 heterocycles. The van der Waals surface area contributed by atoms with Crippen molar-refractivity contribution in [2.75, 3.05) is 0 Å². The van der Waals surface area contributed by atoms with Crippen LogP contribution in [0.2, 0.25) is 0 Å². The minimum atomic E-state index is -3.11. The lowest BCUT2D eigenvalue weighted by molar-refractivity contribution is 0.660. The summed E-state index contributed by atoms with van der Waals surface area (Å²) >= 11 is 0. The topological polar surface area (TPSA) is 17.8 Å². The summed E-state index contributed by atoms with van der Waals surface area (Å²) in [5.74, 6) is 0.622. The highest BCUT2D eigenvalue weighted by Gasteiger charge is 2.35. The van der Waals surface area contributed by atoms with Crippen molar-refractivity contribution in [3.8, 4) is 50.5 Å². The number of nitrogens with zero attached hydrogens (tertiary/aromatic N) is 2. The van der Waals surface area contributed by atoms with E-state index in [2.05, 4.69) is 0 Å². The highest BCUT2D eigenvalue weighted by atomic mass is 15.1. The Morgan fingerprint density at radius 3 is 1.80 bits per heavy atom. The molecule has 0 fully saturated rings. The van der Waals surface area contributed by atoms with Crippen LogP contribution < -0.4 is 0 Å². The van der Waals surface area contributed by atoms with Crippen LogP contribution in [0.3, 0.4) is 0 Å². The average molecular weight is 653 g/mol. The summed E-state index contributed by atoms with van der Waals surface area (Å²) in [5.41, 5.74) is 2.07. The highest BCUT2D eigenvalue weighted by molar-refractivity contribution is 6.21. The Balaban J connectivity index is 1.31. The Bertz CT molecular complexity index is 3350. The first kappa shape index (κ1) is 17.9. The van der Waals surface area contributed by atoms with Gasteiger partial charge in [0.15, 0.2) is 0 Å². The molecule has 0 atom stereocenters. The van der Waals surface area contributed by atoms with Crippen LogP contribution in [0, 0.1) is 0 Å². The minimum absolute atomic E-state index is 0.0234. The predicted octanol–water partition coefficient (Wildman–Crippen LogP) is 12.6. The number of fused-ring (bicyclic) bond motifs is 6. The molecule has 2 heteroatoms. The third kappa shape index (κ3) is 4.18. The first-order valence-corrected chi connectivity index (χ1v) is 16.2. The van der Waals surface area contributed by atoms with Crippen LogP contribution in [-0.4, -0.2) is 9.55 Å². The van der Waals surface area contributed by atoms with Crippen molar-refractivity contribution in [2.45, 2.75) is 19.1 Å². The number of para-hydroxylation sites is 3. The van der Waals surface area contributed by atoms with Crippen molar-refractivity contribution >= 4 is 32.6 Å². The molecular weight excluding hydrogens is 605 g/mol. The molecule has 0 radical (unpaired) electrons. The van der Waals surface area contributed by atoms with E-state index in [9.17, 15) is 5.48 Å². The molecule has 0 unspecified atom stereocenters. The normalized spacial score (nSPS) is 17.7. The second-order valence-electron chi connectivity index (χ2n) is 12.5. The van der Waals surface area contributed by atoms with E-state index in [0.29, 0.717) is 28.1 Å². The van der Waals surface area contributed by atoms with Gasteiger partial charge >= 0.3 is 0 Å². The maximum atomic E-state index is 9.44. The zero-order valence-corrected chi connectivity index (χ0v) is 26.4. The molecule has 236 valence electrons. The monoisotopic (exact) mass is 652 g/mol. The van der Waals surface area contributed by atoms with E-state index < -0.39 is 67.5 Å². The molecule has 0 amide bonds. The first-order chi connectivity index (χ1) is 30.4. The Hall–Kier alpha value is -6.25. The molecule has 1 aliphatic carbocycles. The van der Waals surface area contributed by atoms with Gasteiger partial charge in [-0.1, -0.05) is 153 Å². The van der Waals surface area contributed by atoms with Crippen LogP contribution >= 0.6 is 0 Å². The quantitative estimate of drug-likeness (QED) is 0.173. The Morgan fingerprint density at radius 1 is 0.540 bits per heavy atom. The lowest BCUT2D eigenvalue weighted by atomic mass is 9.80. The van der Waals surface area contributed by atoms with Gasteiger partial charge in [0.25, 0.3) is 0 Å². The fourth-order valence-corrected chi connectivity index (χ4v) is 7.48. The number of hydrogen-bond acceptors (Lipinski definition) is 1. The van der Waals surface area contributed by atoms with Crippen molar-refractivity contribution in [3.63, 3.8) is 0 Å². The molecule has 0 saturated carbocycles. The third-order valence-electron chi connectivity index (χ3n) is 9.72. The molecule has 0 aliphatic heterocycles. The number of aromatic nitrogens is 2. The van der Waals surface area contributed by atoms with Crippen LogP contribution in [0.5, 0.6) is 0 Å². The van der Waals surface area contributed by atoms with E-state index in [1.807, 2.05) is 59.2 Å². The van der Waals surface area contributed by atoms with Crippen LogP contribution in [0.15, 0.2) is 170 Å². The molecule has 8 aromatic carbocycles. The van der Waals surface area contributed by atoms with E-state index in [4.69, 9.17) is 18.7 Å². The van der Waals surface area contributed by atoms with Gasteiger partial charge in [-0.25, -0.2) is 4.98 Å². The summed E-state index contributed by atoms with van der Waals surface area (Å²) in [4.78, 5) is 4.97. The molecule has 9 aromatic rings. The molecule has 50 heavy (non-hydrogen) atoms. The predicted molar refractivity (Wildman–Crippen MR) is 210 cm³/mol. The summed E-state index contributed by atoms with van der Waals surface area (Å²) in [7, 11) is 0. The van der Waals surface area contributed by atoms with Gasteiger partial charge in [-0.3, -0.25) is 4.57 Å². The van der Waals surface area contributed by atoms with Gasteiger partial charge < -0.3 is 0 Å². The van der Waals surface area contributed by atoms with Crippen molar-refractivity contribution in [1.82, 2.24) is 9.55 Å². The van der Waals surface area contributed by atoms with Gasteiger partial charge in [-0.05, 0) is 96.4 Å². The van der Waals surface area contributed by atoms with Crippen LogP contribution in [-0.2, 0) is 5.41 Å². The standard InChI is InChI=1S/C48H34N2/c1-48(2)41-21-11-10-16-35(41)36-29-28-33(30-42(36)48)46-39-19-8-6-17-37(39)45(38-18-7-9-20-40(38)46)31-24-26-32(27-25-31)47-49-43-22-12-13-23-44(43)50(47)34-14-4-3-5-15-34/h3-30H,1-2H3/i1D3,2D3,6D,7D,8D,9D,17D,18D,19D,20D. The van der Waals surface area contributed by atoms with E-state index in [-0.39, 0.29) is 49.4 Å². The van der Waals surface area contributed by atoms with E-state index in [1.165, 1.54) is 12.1 Å². The van der Waals surface area contributed by atoms with E-state index in [1.54, 1.807) is 54.6 Å². The van der Waals surface area contributed by atoms with Gasteiger partial charge in [0.1, 0.15) is 5.82 Å². The van der Waals surface area contributed by atoms with Crippen LogP contribution in [0.4, 0.5) is 0 Å². The van der Waals surface area contributed by atoms with E-state index in [0.717, 1.165) is 16.7 Å². The lowest BCUT2D eigenvalue weighted by Gasteiger charge is -2.23. The Labute approximate surface area is 311 Å². The van der Waals surface area contributed by atoms with Crippen molar-refractivity contribution < 1.29 is 19.2 Å². The molecule has 1 aromatic heterocycles. The first-order valence-electron chi connectivity index (χ1n) is 23.2. The fourth-order valence-electron chi connectivity index (χ4n) is 7.48. The molecule has 0 N–H and O–H groups in total. The van der Waals surface area contributed by atoms with Crippen molar-refractivity contribution in [2.24, 2.45) is 0 Å². The molecule has 0 spiro atoms. The second kappa shape index (κ2) is 10.9. The number of benzene rings is 8. The van der Waals surface area contributed by atoms with Crippen molar-refractivity contribution in [1.29, 1.82) is 0 Å². The summed E-state index contributed by atoms with van der Waals surface area (Å²) in [5, 5.41) is -0.247. The average Bonchev–Trinajstić information content (AvgIpc) is 3.82. The number of rotatable bonds is 4. The highest BCUT2D eigenvalue weighted by Crippen LogP contribution is 2.51. The van der Waals surface area contributed by atoms with Gasteiger partial charge in [0.2, 0.25) is 0 Å². The number of hydrogen-bond donors (Lipinski definition) is 0. The maximum absolute atomic E-state index is 9.44. The van der Waals surface area contributed by atoms with E-state index >= 15 is 0 Å². The molecule has 0 saturated heterocycles. The van der Waals surface area contributed by atoms with Crippen LogP contribution in [0.1, 0.15) is 44.0 Å². The summed E-state index contributed by atoms with van der Waals surface area (Å²) in [6.45, 7) is -6.23. The molecular formula is C48H34N2. The minimum Gasteiger partial charge on any atom is -0.292 e.